The Balaban J connectivity index is 1.70. The number of sulfonamides is 2. The van der Waals surface area contributed by atoms with Crippen molar-refractivity contribution in [3.63, 3.8) is 0 Å². The lowest BCUT2D eigenvalue weighted by Crippen LogP contribution is -2.47. The number of aryl methyl sites for hydroxylation is 4. The van der Waals surface area contributed by atoms with Crippen LogP contribution in [0.15, 0.2) is 119 Å². The summed E-state index contributed by atoms with van der Waals surface area (Å²) in [6.07, 6.45) is 2.52. The second kappa shape index (κ2) is 11.9. The number of nitrogens with zero attached hydrogens (tertiary/aromatic N) is 1. The van der Waals surface area contributed by atoms with E-state index in [0.717, 1.165) is 22.3 Å². The van der Waals surface area contributed by atoms with Gasteiger partial charge in [-0.25, -0.2) is 21.6 Å². The first-order valence-corrected chi connectivity index (χ1v) is 16.8. The van der Waals surface area contributed by atoms with Crippen LogP contribution in [-0.2, 0) is 24.8 Å². The zero-order valence-corrected chi connectivity index (χ0v) is 26.1. The largest absolute Gasteiger partial charge is 0.294 e. The van der Waals surface area contributed by atoms with E-state index < -0.39 is 43.8 Å². The molecule has 1 aliphatic heterocycles. The number of carbonyl (C=O) groups excluding carboxylic acids is 1. The molecule has 1 aliphatic rings. The number of carbonyl (C=O) groups is 1. The van der Waals surface area contributed by atoms with E-state index in [1.807, 2.05) is 52.0 Å². The van der Waals surface area contributed by atoms with E-state index in [0.29, 0.717) is 11.1 Å². The molecule has 3 atom stereocenters. The maximum absolute atomic E-state index is 14.2. The standard InChI is InChI=1S/C34H34N2O5S2/c1-23-5-13-27(14-6-23)33(35-42(38,39)29-17-9-25(3)10-18-29)32-31(37)21-22-36(34(32)28-15-7-24(2)8-16-28)43(40,41)30-19-11-26(4)12-20-30/h5-22,32-35H,1-4H3/t32-,33?,34-/m0/s1. The Morgan fingerprint density at radius 3 is 1.58 bits per heavy atom. The third-order valence-corrected chi connectivity index (χ3v) is 11.0. The smallest absolute Gasteiger partial charge is 0.264 e. The molecule has 1 heterocycles. The third-order valence-electron chi connectivity index (χ3n) is 7.75. The molecule has 222 valence electrons. The molecule has 4 aromatic rings. The van der Waals surface area contributed by atoms with E-state index in [4.69, 9.17) is 0 Å². The summed E-state index contributed by atoms with van der Waals surface area (Å²) in [6, 6.07) is 25.3. The first-order valence-electron chi connectivity index (χ1n) is 13.9. The molecular formula is C34H34N2O5S2. The number of allylic oxidation sites excluding steroid dienone is 1. The predicted octanol–water partition coefficient (Wildman–Crippen LogP) is 6.08. The summed E-state index contributed by atoms with van der Waals surface area (Å²) >= 11 is 0. The molecule has 0 amide bonds. The fourth-order valence-electron chi connectivity index (χ4n) is 5.27. The Morgan fingerprint density at radius 2 is 1.07 bits per heavy atom. The lowest BCUT2D eigenvalue weighted by atomic mass is 9.79. The highest BCUT2D eigenvalue weighted by Gasteiger charge is 2.46. The molecule has 0 aliphatic carbocycles. The summed E-state index contributed by atoms with van der Waals surface area (Å²) in [4.78, 5) is 14.0. The van der Waals surface area contributed by atoms with Crippen molar-refractivity contribution < 1.29 is 21.6 Å². The minimum atomic E-state index is -4.15. The fraction of sp³-hybridized carbons (Fsp3) is 0.206. The van der Waals surface area contributed by atoms with E-state index in [-0.39, 0.29) is 9.79 Å². The Hall–Kier alpha value is -4.05. The summed E-state index contributed by atoms with van der Waals surface area (Å²) < 4.78 is 59.9. The highest BCUT2D eigenvalue weighted by Crippen LogP contribution is 2.44. The van der Waals surface area contributed by atoms with Gasteiger partial charge < -0.3 is 0 Å². The van der Waals surface area contributed by atoms with Gasteiger partial charge in [0.2, 0.25) is 10.0 Å². The van der Waals surface area contributed by atoms with Crippen LogP contribution in [0.25, 0.3) is 0 Å². The molecule has 0 saturated carbocycles. The topological polar surface area (TPSA) is 101 Å². The van der Waals surface area contributed by atoms with Gasteiger partial charge in [0.25, 0.3) is 10.0 Å². The maximum Gasteiger partial charge on any atom is 0.264 e. The van der Waals surface area contributed by atoms with E-state index in [2.05, 4.69) is 4.72 Å². The monoisotopic (exact) mass is 614 g/mol. The molecular weight excluding hydrogens is 581 g/mol. The SMILES string of the molecule is Cc1ccc(C(NS(=O)(=O)c2ccc(C)cc2)[C@@H]2C(=O)C=CN(S(=O)(=O)c3ccc(C)cc3)[C@H]2c2ccc(C)cc2)cc1. The molecule has 5 rings (SSSR count). The summed E-state index contributed by atoms with van der Waals surface area (Å²) in [5.41, 5.74) is 4.83. The van der Waals surface area contributed by atoms with Crippen LogP contribution in [0.3, 0.4) is 0 Å². The maximum atomic E-state index is 14.2. The van der Waals surface area contributed by atoms with Crippen molar-refractivity contribution in [2.75, 3.05) is 0 Å². The zero-order valence-electron chi connectivity index (χ0n) is 24.4. The summed E-state index contributed by atoms with van der Waals surface area (Å²) in [5.74, 6) is -1.52. The first kappa shape index (κ1) is 30.4. The quantitative estimate of drug-likeness (QED) is 0.259. The van der Waals surface area contributed by atoms with Crippen LogP contribution in [0.4, 0.5) is 0 Å². The molecule has 0 bridgehead atoms. The van der Waals surface area contributed by atoms with Crippen molar-refractivity contribution in [1.29, 1.82) is 0 Å². The predicted molar refractivity (Wildman–Crippen MR) is 167 cm³/mol. The number of benzene rings is 4. The van der Waals surface area contributed by atoms with Gasteiger partial charge in [-0.15, -0.1) is 0 Å². The van der Waals surface area contributed by atoms with Crippen LogP contribution in [0, 0.1) is 33.6 Å². The number of rotatable bonds is 8. The van der Waals surface area contributed by atoms with Gasteiger partial charge >= 0.3 is 0 Å². The average molecular weight is 615 g/mol. The zero-order chi connectivity index (χ0) is 30.9. The Kier molecular flexibility index (Phi) is 8.42. The number of hydrogen-bond acceptors (Lipinski definition) is 5. The first-order chi connectivity index (χ1) is 20.4. The number of ketones is 1. The van der Waals surface area contributed by atoms with Crippen LogP contribution < -0.4 is 4.72 Å². The molecule has 1 N–H and O–H groups in total. The molecule has 0 radical (unpaired) electrons. The molecule has 1 unspecified atom stereocenters. The van der Waals surface area contributed by atoms with Gasteiger partial charge in [-0.3, -0.25) is 9.10 Å². The Labute approximate surface area is 254 Å². The van der Waals surface area contributed by atoms with Gasteiger partial charge in [0.15, 0.2) is 5.78 Å². The van der Waals surface area contributed by atoms with Crippen molar-refractivity contribution in [2.45, 2.75) is 49.6 Å². The van der Waals surface area contributed by atoms with Crippen LogP contribution in [-0.4, -0.2) is 26.9 Å². The van der Waals surface area contributed by atoms with Crippen molar-refractivity contribution >= 4 is 25.8 Å². The van der Waals surface area contributed by atoms with E-state index in [9.17, 15) is 21.6 Å². The highest BCUT2D eigenvalue weighted by molar-refractivity contribution is 7.89. The lowest BCUT2D eigenvalue weighted by Gasteiger charge is -2.41. The van der Waals surface area contributed by atoms with Crippen LogP contribution in [0.5, 0.6) is 0 Å². The van der Waals surface area contributed by atoms with E-state index >= 15 is 0 Å². The molecule has 9 heteroatoms. The fourth-order valence-corrected chi connectivity index (χ4v) is 8.01. The van der Waals surface area contributed by atoms with Gasteiger partial charge in [-0.1, -0.05) is 95.1 Å². The minimum absolute atomic E-state index is 0.0463. The molecule has 0 spiro atoms. The normalized spacial score (nSPS) is 18.0. The second-order valence-corrected chi connectivity index (χ2v) is 14.6. The van der Waals surface area contributed by atoms with Gasteiger partial charge in [0, 0.05) is 6.20 Å². The second-order valence-electron chi connectivity index (χ2n) is 11.1. The molecule has 4 aromatic carbocycles. The van der Waals surface area contributed by atoms with Crippen LogP contribution >= 0.6 is 0 Å². The number of nitrogens with one attached hydrogen (secondary N) is 1. The summed E-state index contributed by atoms with van der Waals surface area (Å²) in [5, 5.41) is 0. The summed E-state index contributed by atoms with van der Waals surface area (Å²) in [6.45, 7) is 7.56. The third kappa shape index (κ3) is 6.34. The van der Waals surface area contributed by atoms with E-state index in [1.165, 1.54) is 40.8 Å². The van der Waals surface area contributed by atoms with Gasteiger partial charge in [0.05, 0.1) is 27.8 Å². The molecule has 7 nitrogen and oxygen atoms in total. The molecule has 0 fully saturated rings. The summed E-state index contributed by atoms with van der Waals surface area (Å²) in [7, 11) is -8.27. The molecule has 0 aromatic heterocycles. The van der Waals surface area contributed by atoms with Gasteiger partial charge in [0.1, 0.15) is 0 Å². The highest BCUT2D eigenvalue weighted by atomic mass is 32.2. The lowest BCUT2D eigenvalue weighted by molar-refractivity contribution is -0.121. The number of hydrogen-bond donors (Lipinski definition) is 1. The van der Waals surface area contributed by atoms with Crippen LogP contribution in [0.1, 0.15) is 45.5 Å². The molecule has 43 heavy (non-hydrogen) atoms. The van der Waals surface area contributed by atoms with Gasteiger partial charge in [-0.05, 0) is 69.2 Å². The average Bonchev–Trinajstić information content (AvgIpc) is 2.97. The van der Waals surface area contributed by atoms with Gasteiger partial charge in [-0.2, -0.15) is 0 Å². The van der Waals surface area contributed by atoms with Crippen molar-refractivity contribution in [1.82, 2.24) is 9.03 Å². The van der Waals surface area contributed by atoms with Crippen LogP contribution in [0.2, 0.25) is 0 Å². The Bertz CT molecular complexity index is 1860. The van der Waals surface area contributed by atoms with Crippen molar-refractivity contribution in [3.8, 4) is 0 Å². The van der Waals surface area contributed by atoms with Crippen molar-refractivity contribution in [2.24, 2.45) is 5.92 Å². The Morgan fingerprint density at radius 1 is 0.628 bits per heavy atom. The molecule has 0 saturated heterocycles. The van der Waals surface area contributed by atoms with E-state index in [1.54, 1.807) is 48.5 Å². The minimum Gasteiger partial charge on any atom is -0.294 e. The van der Waals surface area contributed by atoms with Crippen molar-refractivity contribution in [3.05, 3.63) is 143 Å².